The van der Waals surface area contributed by atoms with Crippen molar-refractivity contribution in [1.82, 2.24) is 0 Å². The van der Waals surface area contributed by atoms with E-state index in [9.17, 15) is 33.2 Å². The summed E-state index contributed by atoms with van der Waals surface area (Å²) in [5, 5.41) is 21.6. The molecule has 1 saturated heterocycles. The maximum Gasteiger partial charge on any atom is 0.317 e. The van der Waals surface area contributed by atoms with Crippen molar-refractivity contribution in [1.29, 1.82) is 0 Å². The molecule has 0 N–H and O–H groups in total. The maximum atomic E-state index is 11.0. The van der Waals surface area contributed by atoms with Crippen LogP contribution in [-0.2, 0) is 14.6 Å². The molecule has 12 nitrogen and oxygen atoms in total. The number of benzene rings is 1. The van der Waals surface area contributed by atoms with Gasteiger partial charge < -0.3 is 13.8 Å². The first-order valence-electron chi connectivity index (χ1n) is 7.88. The lowest BCUT2D eigenvalue weighted by Gasteiger charge is -2.28. The highest BCUT2D eigenvalue weighted by atomic mass is 32.3. The third-order valence-corrected chi connectivity index (χ3v) is 4.50. The lowest BCUT2D eigenvalue weighted by atomic mass is 10.2. The Bertz CT molecular complexity index is 776. The number of ether oxygens (including phenoxy) is 1. The lowest BCUT2D eigenvalue weighted by Crippen LogP contribution is -2.43. The van der Waals surface area contributed by atoms with Crippen LogP contribution >= 0.6 is 0 Å². The molecule has 1 aliphatic heterocycles. The molecule has 2 rings (SSSR count). The first-order valence-corrected chi connectivity index (χ1v) is 9.21. The van der Waals surface area contributed by atoms with Gasteiger partial charge in [0.05, 0.1) is 43.2 Å². The summed E-state index contributed by atoms with van der Waals surface area (Å²) < 4.78 is 37.4. The van der Waals surface area contributed by atoms with Gasteiger partial charge in [-0.3, -0.25) is 24.4 Å². The Morgan fingerprint density at radius 2 is 1.70 bits per heavy atom. The van der Waals surface area contributed by atoms with E-state index in [4.69, 9.17) is 4.74 Å². The molecule has 27 heavy (non-hydrogen) atoms. The highest BCUT2D eigenvalue weighted by molar-refractivity contribution is 7.80. The highest BCUT2D eigenvalue weighted by Crippen LogP contribution is 2.31. The molecule has 1 aromatic rings. The molecular formula is C14H21N3O9S. The number of likely N-dealkylation sites (tertiary alicyclic amines) is 1. The second-order valence-electron chi connectivity index (χ2n) is 6.09. The molecule has 1 aliphatic rings. The second-order valence-corrected chi connectivity index (χ2v) is 7.24. The molecule has 152 valence electrons. The van der Waals surface area contributed by atoms with E-state index in [0.29, 0.717) is 6.61 Å². The van der Waals surface area contributed by atoms with Crippen molar-refractivity contribution in [2.75, 3.05) is 40.4 Å². The predicted octanol–water partition coefficient (Wildman–Crippen LogP) is 1.22. The van der Waals surface area contributed by atoms with E-state index in [0.717, 1.165) is 37.3 Å². The summed E-state index contributed by atoms with van der Waals surface area (Å²) in [7, 11) is -1.46. The van der Waals surface area contributed by atoms with Gasteiger partial charge in [0.25, 0.3) is 5.69 Å². The van der Waals surface area contributed by atoms with E-state index in [1.807, 2.05) is 0 Å². The Balaban J connectivity index is 0.000000527. The molecule has 0 amide bonds. The third kappa shape index (κ3) is 7.82. The summed E-state index contributed by atoms with van der Waals surface area (Å²) in [6.45, 7) is 3.31. The Morgan fingerprint density at radius 3 is 2.15 bits per heavy atom. The van der Waals surface area contributed by atoms with E-state index < -0.39 is 20.2 Å². The van der Waals surface area contributed by atoms with Crippen molar-refractivity contribution < 1.29 is 36.2 Å². The van der Waals surface area contributed by atoms with Crippen LogP contribution in [0.25, 0.3) is 0 Å². The molecule has 0 radical (unpaired) electrons. The molecular weight excluding hydrogens is 386 g/mol. The van der Waals surface area contributed by atoms with E-state index in [2.05, 4.69) is 11.2 Å². The number of nitro benzene ring substituents is 2. The zero-order chi connectivity index (χ0) is 20.7. The van der Waals surface area contributed by atoms with Gasteiger partial charge in [0.2, 0.25) is 10.4 Å². The number of hydrogen-bond donors (Lipinski definition) is 0. The predicted molar refractivity (Wildman–Crippen MR) is 92.0 cm³/mol. The highest BCUT2D eigenvalue weighted by Gasteiger charge is 2.27. The summed E-state index contributed by atoms with van der Waals surface area (Å²) >= 11 is 0. The smallest absolute Gasteiger partial charge is 0.317 e. The van der Waals surface area contributed by atoms with Gasteiger partial charge >= 0.3 is 5.69 Å². The summed E-state index contributed by atoms with van der Waals surface area (Å²) in [6, 6.07) is 3.44. The molecule has 0 atom stereocenters. The topological polar surface area (TPSA) is 162 Å². The molecule has 13 heteroatoms. The van der Waals surface area contributed by atoms with Crippen LogP contribution in [-0.4, -0.2) is 67.7 Å². The van der Waals surface area contributed by atoms with Gasteiger partial charge in [-0.25, -0.2) is 8.42 Å². The molecule has 0 unspecified atom stereocenters. The minimum atomic E-state index is -4.41. The second kappa shape index (κ2) is 9.55. The molecule has 1 aromatic carbocycles. The average molecular weight is 407 g/mol. The van der Waals surface area contributed by atoms with Gasteiger partial charge in [0, 0.05) is 18.9 Å². The number of nitrogens with zero attached hydrogens (tertiary/aromatic N) is 3. The van der Waals surface area contributed by atoms with Crippen LogP contribution in [0.1, 0.15) is 12.8 Å². The summed E-state index contributed by atoms with van der Waals surface area (Å²) in [5.41, 5.74) is -0.680. The van der Waals surface area contributed by atoms with E-state index in [-0.39, 0.29) is 17.1 Å². The molecule has 1 fully saturated rings. The minimum Gasteiger partial charge on any atom is -0.726 e. The molecule has 0 aliphatic carbocycles. The van der Waals surface area contributed by atoms with Crippen molar-refractivity contribution in [3.63, 3.8) is 0 Å². The van der Waals surface area contributed by atoms with Crippen molar-refractivity contribution in [3.8, 4) is 5.75 Å². The van der Waals surface area contributed by atoms with Gasteiger partial charge in [-0.15, -0.1) is 0 Å². The number of non-ortho nitro benzene ring substituents is 1. The van der Waals surface area contributed by atoms with Crippen molar-refractivity contribution >= 4 is 21.8 Å². The van der Waals surface area contributed by atoms with Crippen LogP contribution in [0, 0.1) is 20.2 Å². The van der Waals surface area contributed by atoms with E-state index >= 15 is 0 Å². The summed E-state index contributed by atoms with van der Waals surface area (Å²) in [6.07, 6.45) is 2.38. The Kier molecular flexibility index (Phi) is 8.02. The fourth-order valence-electron chi connectivity index (χ4n) is 2.58. The molecule has 0 aromatic heterocycles. The maximum absolute atomic E-state index is 11.0. The monoisotopic (exact) mass is 407 g/mol. The molecule has 0 saturated carbocycles. The van der Waals surface area contributed by atoms with Crippen molar-refractivity contribution in [2.24, 2.45) is 0 Å². The quantitative estimate of drug-likeness (QED) is 0.212. The van der Waals surface area contributed by atoms with Gasteiger partial charge in [-0.1, -0.05) is 0 Å². The molecule has 0 spiro atoms. The van der Waals surface area contributed by atoms with E-state index in [1.54, 1.807) is 0 Å². The Labute approximate surface area is 156 Å². The van der Waals surface area contributed by atoms with Gasteiger partial charge in [0.1, 0.15) is 13.2 Å². The normalized spacial score (nSPS) is 15.5. The summed E-state index contributed by atoms with van der Waals surface area (Å²) in [4.78, 5) is 20.3. The van der Waals surface area contributed by atoms with Crippen LogP contribution in [0.3, 0.4) is 0 Å². The number of rotatable bonds is 7. The Hall–Kier alpha value is -2.35. The van der Waals surface area contributed by atoms with Crippen LogP contribution in [0.4, 0.5) is 11.4 Å². The first-order chi connectivity index (χ1) is 12.5. The average Bonchev–Trinajstić information content (AvgIpc) is 3.01. The number of hydrogen-bond acceptors (Lipinski definition) is 9. The van der Waals surface area contributed by atoms with Crippen LogP contribution in [0.15, 0.2) is 18.2 Å². The molecule has 1 heterocycles. The van der Waals surface area contributed by atoms with Gasteiger partial charge in [-0.2, -0.15) is 0 Å². The zero-order valence-corrected chi connectivity index (χ0v) is 15.7. The fourth-order valence-corrected chi connectivity index (χ4v) is 2.58. The zero-order valence-electron chi connectivity index (χ0n) is 14.9. The van der Waals surface area contributed by atoms with Crippen LogP contribution in [0.2, 0.25) is 0 Å². The van der Waals surface area contributed by atoms with Gasteiger partial charge in [0.15, 0.2) is 5.75 Å². The number of likely N-dealkylation sites (N-methyl/N-ethyl adjacent to an activating group) is 1. The SMILES string of the molecule is COS(=O)(=O)[O-].C[N+]1(CCOc2ccc([N+](=O)[O-])cc2[N+](=O)[O-])CCCC1. The van der Waals surface area contributed by atoms with Crippen molar-refractivity contribution in [2.45, 2.75) is 12.8 Å². The molecule has 0 bridgehead atoms. The van der Waals surface area contributed by atoms with Crippen molar-refractivity contribution in [3.05, 3.63) is 38.4 Å². The fraction of sp³-hybridized carbons (Fsp3) is 0.571. The first kappa shape index (κ1) is 22.7. The largest absolute Gasteiger partial charge is 0.726 e. The van der Waals surface area contributed by atoms with Crippen LogP contribution in [0.5, 0.6) is 5.75 Å². The number of quaternary nitrogens is 1. The standard InChI is InChI=1S/C13H18N3O5.CH4O4S/c1-16(6-2-3-7-16)8-9-21-13-5-4-11(14(17)18)10-12(13)15(19)20;1-5-6(2,3)4/h4-5,10H,2-3,6-9H2,1H3;1H3,(H,2,3,4)/q+1;/p-1. The Morgan fingerprint density at radius 1 is 1.15 bits per heavy atom. The number of nitro groups is 2. The lowest BCUT2D eigenvalue weighted by molar-refractivity contribution is -0.897. The van der Waals surface area contributed by atoms with E-state index in [1.165, 1.54) is 25.0 Å². The van der Waals surface area contributed by atoms with Crippen LogP contribution < -0.4 is 4.74 Å². The minimum absolute atomic E-state index is 0.0800. The van der Waals surface area contributed by atoms with Gasteiger partial charge in [-0.05, 0) is 6.07 Å². The summed E-state index contributed by atoms with van der Waals surface area (Å²) in [5.74, 6) is 0.0800. The third-order valence-electron chi connectivity index (χ3n) is 4.09.